The van der Waals surface area contributed by atoms with Crippen LogP contribution in [0, 0.1) is 0 Å². The van der Waals surface area contributed by atoms with E-state index in [-0.39, 0.29) is 5.39 Å². The number of aromatic nitrogens is 1. The van der Waals surface area contributed by atoms with Crippen LogP contribution in [0.3, 0.4) is 0 Å². The van der Waals surface area contributed by atoms with Crippen molar-refractivity contribution in [3.05, 3.63) is 39.6 Å². The van der Waals surface area contributed by atoms with Crippen LogP contribution in [0.4, 0.5) is 0 Å². The van der Waals surface area contributed by atoms with Gasteiger partial charge in [-0.3, -0.25) is 4.79 Å². The lowest BCUT2D eigenvalue weighted by Crippen LogP contribution is -2.15. The Kier molecular flexibility index (Phi) is 2.93. The molecule has 0 spiro atoms. The maximum Gasteiger partial charge on any atom is 0.266 e. The molecule has 17 heavy (non-hydrogen) atoms. The molecule has 1 heterocycles. The molecule has 7 heteroatoms. The van der Waals surface area contributed by atoms with E-state index in [0.29, 0.717) is 10.5 Å². The molecule has 0 N–H and O–H groups in total. The number of para-hydroxylation sites is 1. The fourth-order valence-corrected chi connectivity index (χ4v) is 2.92. The molecule has 1 aromatic heterocycles. The van der Waals surface area contributed by atoms with Gasteiger partial charge in [0.1, 0.15) is 4.90 Å². The van der Waals surface area contributed by atoms with Crippen molar-refractivity contribution in [3.63, 3.8) is 0 Å². The summed E-state index contributed by atoms with van der Waals surface area (Å²) in [5.41, 5.74) is -0.168. The van der Waals surface area contributed by atoms with Crippen LogP contribution in [-0.4, -0.2) is 13.0 Å². The van der Waals surface area contributed by atoms with E-state index in [4.69, 9.17) is 22.3 Å². The second-order valence-electron chi connectivity index (χ2n) is 3.51. The van der Waals surface area contributed by atoms with Crippen LogP contribution in [0.1, 0.15) is 0 Å². The highest BCUT2D eigenvalue weighted by atomic mass is 35.7. The molecular formula is C10H7Cl2NO3S. The molecule has 0 fully saturated rings. The molecule has 4 nitrogen and oxygen atoms in total. The molecular weight excluding hydrogens is 285 g/mol. The average molecular weight is 292 g/mol. The number of halogens is 2. The van der Waals surface area contributed by atoms with Crippen molar-refractivity contribution in [2.24, 2.45) is 7.05 Å². The zero-order chi connectivity index (χ0) is 12.8. The fourth-order valence-electron chi connectivity index (χ4n) is 1.66. The number of nitrogens with zero attached hydrogens (tertiary/aromatic N) is 1. The first-order chi connectivity index (χ1) is 7.82. The zero-order valence-corrected chi connectivity index (χ0v) is 11.0. The van der Waals surface area contributed by atoms with Gasteiger partial charge >= 0.3 is 0 Å². The summed E-state index contributed by atoms with van der Waals surface area (Å²) in [5, 5.41) is 0.599. The van der Waals surface area contributed by atoms with Gasteiger partial charge in [-0.15, -0.1) is 0 Å². The molecule has 90 valence electrons. The summed E-state index contributed by atoms with van der Waals surface area (Å²) >= 11 is 5.96. The quantitative estimate of drug-likeness (QED) is 0.756. The van der Waals surface area contributed by atoms with Crippen LogP contribution in [0.5, 0.6) is 0 Å². The third-order valence-electron chi connectivity index (χ3n) is 2.38. The minimum atomic E-state index is -4.06. The summed E-state index contributed by atoms with van der Waals surface area (Å²) < 4.78 is 24.0. The number of pyridine rings is 1. The van der Waals surface area contributed by atoms with E-state index in [2.05, 4.69) is 0 Å². The third kappa shape index (κ3) is 2.06. The first kappa shape index (κ1) is 12.4. The first-order valence-electron chi connectivity index (χ1n) is 4.55. The summed E-state index contributed by atoms with van der Waals surface area (Å²) in [4.78, 5) is 11.5. The Balaban J connectivity index is 3.08. The van der Waals surface area contributed by atoms with E-state index < -0.39 is 19.4 Å². The molecule has 0 atom stereocenters. The highest BCUT2D eigenvalue weighted by molar-refractivity contribution is 8.13. The number of benzene rings is 1. The Bertz CT molecular complexity index is 765. The Morgan fingerprint density at radius 2 is 1.94 bits per heavy atom. The molecule has 0 aliphatic rings. The highest BCUT2D eigenvalue weighted by Gasteiger charge is 2.18. The topological polar surface area (TPSA) is 56.1 Å². The summed E-state index contributed by atoms with van der Waals surface area (Å²) in [7, 11) is 2.73. The Morgan fingerprint density at radius 1 is 1.29 bits per heavy atom. The molecule has 1 aromatic carbocycles. The first-order valence-corrected chi connectivity index (χ1v) is 7.23. The van der Waals surface area contributed by atoms with Gasteiger partial charge in [0.15, 0.2) is 0 Å². The standard InChI is InChI=1S/C10H7Cl2NO3S/c1-13-5-8(17(12,15)16)10(14)6-3-2-4-7(11)9(6)13/h2-5H,1H3. The van der Waals surface area contributed by atoms with Gasteiger partial charge in [-0.05, 0) is 12.1 Å². The Labute approximate surface area is 107 Å². The molecule has 0 radical (unpaired) electrons. The molecule has 0 saturated heterocycles. The van der Waals surface area contributed by atoms with Gasteiger partial charge in [0.05, 0.1) is 10.5 Å². The minimum absolute atomic E-state index is 0.224. The van der Waals surface area contributed by atoms with Gasteiger partial charge in [-0.25, -0.2) is 8.42 Å². The van der Waals surface area contributed by atoms with Crippen molar-refractivity contribution < 1.29 is 8.42 Å². The van der Waals surface area contributed by atoms with Crippen LogP contribution in [0.2, 0.25) is 5.02 Å². The summed E-state index contributed by atoms with van der Waals surface area (Å²) in [6.07, 6.45) is 1.17. The van der Waals surface area contributed by atoms with Crippen molar-refractivity contribution in [2.45, 2.75) is 4.90 Å². The van der Waals surface area contributed by atoms with E-state index in [0.717, 1.165) is 0 Å². The van der Waals surface area contributed by atoms with Gasteiger partial charge in [0, 0.05) is 29.3 Å². The van der Waals surface area contributed by atoms with Crippen LogP contribution >= 0.6 is 22.3 Å². The third-order valence-corrected chi connectivity index (χ3v) is 4.00. The van der Waals surface area contributed by atoms with Crippen molar-refractivity contribution in [1.82, 2.24) is 4.57 Å². The lowest BCUT2D eigenvalue weighted by Gasteiger charge is -2.08. The maximum absolute atomic E-state index is 11.9. The molecule has 0 bridgehead atoms. The van der Waals surface area contributed by atoms with Crippen molar-refractivity contribution in [1.29, 1.82) is 0 Å². The molecule has 2 aromatic rings. The molecule has 2 rings (SSSR count). The van der Waals surface area contributed by atoms with Gasteiger partial charge in [0.2, 0.25) is 5.43 Å². The number of fused-ring (bicyclic) bond motifs is 1. The van der Waals surface area contributed by atoms with Crippen LogP contribution in [0.15, 0.2) is 34.1 Å². The lowest BCUT2D eigenvalue weighted by atomic mass is 10.2. The van der Waals surface area contributed by atoms with E-state index in [9.17, 15) is 13.2 Å². The SMILES string of the molecule is Cn1cc(S(=O)(=O)Cl)c(=O)c2cccc(Cl)c21. The number of aryl methyl sites for hydroxylation is 1. The molecule has 0 saturated carbocycles. The van der Waals surface area contributed by atoms with E-state index >= 15 is 0 Å². The second-order valence-corrected chi connectivity index (χ2v) is 6.45. The average Bonchev–Trinajstić information content (AvgIpc) is 2.21. The predicted octanol–water partition coefficient (Wildman–Crippen LogP) is 2.12. The summed E-state index contributed by atoms with van der Waals surface area (Å²) in [5.74, 6) is 0. The van der Waals surface area contributed by atoms with Crippen molar-refractivity contribution in [3.8, 4) is 0 Å². The van der Waals surface area contributed by atoms with Crippen molar-refractivity contribution in [2.75, 3.05) is 0 Å². The molecule has 0 amide bonds. The van der Waals surface area contributed by atoms with Crippen molar-refractivity contribution >= 4 is 42.2 Å². The van der Waals surface area contributed by atoms with E-state index in [1.807, 2.05) is 0 Å². The fraction of sp³-hybridized carbons (Fsp3) is 0.100. The molecule has 0 aliphatic carbocycles. The van der Waals surface area contributed by atoms with Gasteiger partial charge < -0.3 is 4.57 Å². The molecule has 0 unspecified atom stereocenters. The Morgan fingerprint density at radius 3 is 2.53 bits per heavy atom. The monoisotopic (exact) mass is 291 g/mol. The largest absolute Gasteiger partial charge is 0.348 e. The second kappa shape index (κ2) is 4.01. The maximum atomic E-state index is 11.9. The predicted molar refractivity (Wildman–Crippen MR) is 67.2 cm³/mol. The lowest BCUT2D eigenvalue weighted by molar-refractivity contribution is 0.608. The van der Waals surface area contributed by atoms with Gasteiger partial charge in [-0.2, -0.15) is 0 Å². The Hall–Kier alpha value is -1.04. The smallest absolute Gasteiger partial charge is 0.266 e. The number of hydrogen-bond acceptors (Lipinski definition) is 3. The zero-order valence-electron chi connectivity index (χ0n) is 8.65. The highest BCUT2D eigenvalue weighted by Crippen LogP contribution is 2.22. The minimum Gasteiger partial charge on any atom is -0.348 e. The van der Waals surface area contributed by atoms with E-state index in [1.165, 1.54) is 16.8 Å². The van der Waals surface area contributed by atoms with Crippen LogP contribution < -0.4 is 5.43 Å². The van der Waals surface area contributed by atoms with Gasteiger partial charge in [0.25, 0.3) is 9.05 Å². The van der Waals surface area contributed by atoms with Crippen LogP contribution in [0.25, 0.3) is 10.9 Å². The van der Waals surface area contributed by atoms with E-state index in [1.54, 1.807) is 19.2 Å². The van der Waals surface area contributed by atoms with Crippen LogP contribution in [-0.2, 0) is 16.1 Å². The molecule has 0 aliphatic heterocycles. The van der Waals surface area contributed by atoms with Gasteiger partial charge in [-0.1, -0.05) is 17.7 Å². The summed E-state index contributed by atoms with van der Waals surface area (Å²) in [6, 6.07) is 4.71. The normalized spacial score (nSPS) is 11.9. The summed E-state index contributed by atoms with van der Waals surface area (Å²) in [6.45, 7) is 0. The number of hydrogen-bond donors (Lipinski definition) is 0. The number of rotatable bonds is 1.